The van der Waals surface area contributed by atoms with Crippen molar-refractivity contribution in [3.8, 4) is 11.5 Å². The van der Waals surface area contributed by atoms with E-state index >= 15 is 0 Å². The van der Waals surface area contributed by atoms with Crippen LogP contribution in [0.5, 0.6) is 11.5 Å². The molecule has 0 radical (unpaired) electrons. The molecule has 3 N–H and O–H groups in total. The third-order valence-electron chi connectivity index (χ3n) is 4.04. The molecule has 1 saturated carbocycles. The number of nitrogens with two attached hydrogens (primary N) is 1. The van der Waals surface area contributed by atoms with Gasteiger partial charge in [-0.2, -0.15) is 0 Å². The van der Waals surface area contributed by atoms with Gasteiger partial charge < -0.3 is 20.3 Å². The van der Waals surface area contributed by atoms with Gasteiger partial charge in [-0.15, -0.1) is 0 Å². The van der Waals surface area contributed by atoms with E-state index in [-0.39, 0.29) is 6.79 Å². The van der Waals surface area contributed by atoms with Crippen LogP contribution in [0.1, 0.15) is 37.3 Å². The van der Waals surface area contributed by atoms with Gasteiger partial charge in [0, 0.05) is 5.56 Å². The van der Waals surface area contributed by atoms with Crippen molar-refractivity contribution in [1.29, 1.82) is 0 Å². The summed E-state index contributed by atoms with van der Waals surface area (Å²) in [5.74, 6) is 1.74. The first-order chi connectivity index (χ1) is 8.77. The van der Waals surface area contributed by atoms with E-state index in [1.165, 1.54) is 12.8 Å². The van der Waals surface area contributed by atoms with E-state index in [1.807, 2.05) is 18.2 Å². The second-order valence-electron chi connectivity index (χ2n) is 5.14. The number of para-hydroxylation sites is 1. The van der Waals surface area contributed by atoms with Crippen LogP contribution in [-0.4, -0.2) is 18.0 Å². The molecule has 1 aromatic rings. The summed E-state index contributed by atoms with van der Waals surface area (Å²) < 4.78 is 10.8. The van der Waals surface area contributed by atoms with Crippen LogP contribution in [-0.2, 0) is 0 Å². The minimum atomic E-state index is -0.497. The smallest absolute Gasteiger partial charge is 0.231 e. The predicted molar refractivity (Wildman–Crippen MR) is 67.5 cm³/mol. The van der Waals surface area contributed by atoms with Gasteiger partial charge in [0.05, 0.1) is 12.1 Å². The Hall–Kier alpha value is -1.26. The Morgan fingerprint density at radius 1 is 1.22 bits per heavy atom. The molecule has 4 heteroatoms. The van der Waals surface area contributed by atoms with E-state index in [1.54, 1.807) is 0 Å². The summed E-state index contributed by atoms with van der Waals surface area (Å²) in [6, 6.07) is 5.27. The average Bonchev–Trinajstić information content (AvgIpc) is 3.06. The van der Waals surface area contributed by atoms with Crippen molar-refractivity contribution >= 4 is 0 Å². The van der Waals surface area contributed by atoms with Crippen molar-refractivity contribution in [1.82, 2.24) is 0 Å². The first-order valence-electron chi connectivity index (χ1n) is 6.59. The van der Waals surface area contributed by atoms with Gasteiger partial charge in [-0.3, -0.25) is 0 Å². The van der Waals surface area contributed by atoms with Gasteiger partial charge >= 0.3 is 0 Å². The number of fused-ring (bicyclic) bond motifs is 1. The van der Waals surface area contributed by atoms with Gasteiger partial charge in [-0.05, 0) is 24.8 Å². The summed E-state index contributed by atoms with van der Waals surface area (Å²) in [7, 11) is 0. The highest BCUT2D eigenvalue weighted by molar-refractivity contribution is 5.49. The average molecular weight is 249 g/mol. The Labute approximate surface area is 107 Å². The lowest BCUT2D eigenvalue weighted by Gasteiger charge is -2.25. The fraction of sp³-hybridized carbons (Fsp3) is 0.571. The van der Waals surface area contributed by atoms with E-state index in [9.17, 15) is 5.11 Å². The van der Waals surface area contributed by atoms with Crippen molar-refractivity contribution in [3.63, 3.8) is 0 Å². The molecule has 0 spiro atoms. The van der Waals surface area contributed by atoms with Crippen LogP contribution in [0, 0.1) is 5.92 Å². The minimum Gasteiger partial charge on any atom is -0.454 e. The van der Waals surface area contributed by atoms with Crippen LogP contribution < -0.4 is 15.2 Å². The van der Waals surface area contributed by atoms with Crippen LogP contribution in [0.15, 0.2) is 18.2 Å². The highest BCUT2D eigenvalue weighted by Crippen LogP contribution is 2.41. The first-order valence-corrected chi connectivity index (χ1v) is 6.59. The summed E-state index contributed by atoms with van der Waals surface area (Å²) in [6.45, 7) is 0.235. The topological polar surface area (TPSA) is 64.7 Å². The molecule has 1 heterocycles. The Bertz CT molecular complexity index is 429. The number of aliphatic hydroxyl groups is 1. The molecule has 1 aliphatic heterocycles. The number of ether oxygens (including phenoxy) is 2. The fourth-order valence-electron chi connectivity index (χ4n) is 2.99. The van der Waals surface area contributed by atoms with E-state index in [2.05, 4.69) is 0 Å². The zero-order chi connectivity index (χ0) is 12.5. The molecule has 4 nitrogen and oxygen atoms in total. The Kier molecular flexibility index (Phi) is 3.14. The highest BCUT2D eigenvalue weighted by atomic mass is 16.7. The standard InChI is InChI=1S/C14H19NO3/c15-12(13(16)9-4-1-2-5-9)10-6-3-7-11-14(10)18-8-17-11/h3,6-7,9,12-13,16H,1-2,4-5,8,15H2/t12-,13+/m0/s1. The number of hydrogen-bond acceptors (Lipinski definition) is 4. The number of aliphatic hydroxyl groups excluding tert-OH is 1. The molecule has 0 aromatic heterocycles. The molecular formula is C14H19NO3. The molecule has 1 aromatic carbocycles. The third-order valence-corrected chi connectivity index (χ3v) is 4.04. The quantitative estimate of drug-likeness (QED) is 0.859. The fourth-order valence-corrected chi connectivity index (χ4v) is 2.99. The predicted octanol–water partition coefficient (Wildman–Crippen LogP) is 1.97. The first kappa shape index (κ1) is 11.8. The molecule has 2 atom stereocenters. The molecule has 1 aliphatic carbocycles. The summed E-state index contributed by atoms with van der Waals surface area (Å²) in [6.07, 6.45) is 4.04. The van der Waals surface area contributed by atoms with Gasteiger partial charge in [0.15, 0.2) is 11.5 Å². The maximum Gasteiger partial charge on any atom is 0.231 e. The number of hydrogen-bond donors (Lipinski definition) is 2. The van der Waals surface area contributed by atoms with Crippen molar-refractivity contribution in [2.45, 2.75) is 37.8 Å². The minimum absolute atomic E-state index is 0.235. The van der Waals surface area contributed by atoms with Gasteiger partial charge in [-0.25, -0.2) is 0 Å². The van der Waals surface area contributed by atoms with Crippen molar-refractivity contribution in [2.24, 2.45) is 11.7 Å². The van der Waals surface area contributed by atoms with Gasteiger partial charge in [0.1, 0.15) is 0 Å². The molecule has 18 heavy (non-hydrogen) atoms. The normalized spacial score (nSPS) is 22.1. The van der Waals surface area contributed by atoms with Crippen LogP contribution in [0.3, 0.4) is 0 Å². The third kappa shape index (κ3) is 1.95. The van der Waals surface area contributed by atoms with Gasteiger partial charge in [0.25, 0.3) is 0 Å². The molecule has 0 saturated heterocycles. The van der Waals surface area contributed by atoms with E-state index < -0.39 is 12.1 Å². The van der Waals surface area contributed by atoms with Crippen LogP contribution >= 0.6 is 0 Å². The van der Waals surface area contributed by atoms with E-state index in [4.69, 9.17) is 15.2 Å². The van der Waals surface area contributed by atoms with Crippen molar-refractivity contribution < 1.29 is 14.6 Å². The summed E-state index contributed by atoms with van der Waals surface area (Å²) in [5, 5.41) is 10.4. The van der Waals surface area contributed by atoms with Crippen molar-refractivity contribution in [3.05, 3.63) is 23.8 Å². The number of rotatable bonds is 3. The zero-order valence-electron chi connectivity index (χ0n) is 10.3. The molecular weight excluding hydrogens is 230 g/mol. The Morgan fingerprint density at radius 2 is 2.00 bits per heavy atom. The lowest BCUT2D eigenvalue weighted by Crippen LogP contribution is -2.32. The lowest BCUT2D eigenvalue weighted by atomic mass is 9.90. The number of benzene rings is 1. The van der Waals surface area contributed by atoms with Crippen LogP contribution in [0.25, 0.3) is 0 Å². The van der Waals surface area contributed by atoms with Gasteiger partial charge in [0.2, 0.25) is 6.79 Å². The molecule has 3 rings (SSSR count). The van der Waals surface area contributed by atoms with E-state index in [0.717, 1.165) is 24.2 Å². The largest absolute Gasteiger partial charge is 0.454 e. The summed E-state index contributed by atoms with van der Waals surface area (Å²) in [5.41, 5.74) is 7.06. The second kappa shape index (κ2) is 4.78. The van der Waals surface area contributed by atoms with Crippen LogP contribution in [0.2, 0.25) is 0 Å². The van der Waals surface area contributed by atoms with E-state index in [0.29, 0.717) is 11.7 Å². The lowest BCUT2D eigenvalue weighted by molar-refractivity contribution is 0.0831. The Balaban J connectivity index is 1.83. The molecule has 0 unspecified atom stereocenters. The summed E-state index contributed by atoms with van der Waals surface area (Å²) >= 11 is 0. The molecule has 98 valence electrons. The van der Waals surface area contributed by atoms with Crippen molar-refractivity contribution in [2.75, 3.05) is 6.79 Å². The van der Waals surface area contributed by atoms with Crippen LogP contribution in [0.4, 0.5) is 0 Å². The van der Waals surface area contributed by atoms with Gasteiger partial charge in [-0.1, -0.05) is 25.0 Å². The molecule has 2 aliphatic rings. The Morgan fingerprint density at radius 3 is 2.78 bits per heavy atom. The maximum absolute atomic E-state index is 10.4. The maximum atomic E-state index is 10.4. The molecule has 0 amide bonds. The highest BCUT2D eigenvalue weighted by Gasteiger charge is 2.31. The molecule has 0 bridgehead atoms. The summed E-state index contributed by atoms with van der Waals surface area (Å²) in [4.78, 5) is 0. The SMILES string of the molecule is N[C@@H](c1cccc2c1OCO2)[C@H](O)C1CCCC1. The second-order valence-corrected chi connectivity index (χ2v) is 5.14. The molecule has 1 fully saturated rings. The zero-order valence-corrected chi connectivity index (χ0v) is 10.3. The monoisotopic (exact) mass is 249 g/mol.